The highest BCUT2D eigenvalue weighted by Gasteiger charge is 2.76. The quantitative estimate of drug-likeness (QED) is 0.609. The number of hydrogen-bond acceptors (Lipinski definition) is 5. The Kier molecular flexibility index (Phi) is 4.97. The molecule has 9 nitrogen and oxygen atoms in total. The van der Waals surface area contributed by atoms with E-state index < -0.39 is 0 Å². The Morgan fingerprint density at radius 1 is 1.11 bits per heavy atom. The van der Waals surface area contributed by atoms with Gasteiger partial charge in [-0.1, -0.05) is 6.07 Å². The number of amides is 3. The molecule has 0 radical (unpaired) electrons. The van der Waals surface area contributed by atoms with Crippen molar-refractivity contribution in [2.24, 2.45) is 28.6 Å². The van der Waals surface area contributed by atoms with Gasteiger partial charge in [0.2, 0.25) is 11.8 Å². The maximum atomic E-state index is 13.2. The highest BCUT2D eigenvalue weighted by molar-refractivity contribution is 5.93. The Morgan fingerprint density at radius 3 is 2.83 bits per heavy atom. The molecule has 5 unspecified atom stereocenters. The minimum Gasteiger partial charge on any atom is -0.378 e. The molecule has 36 heavy (non-hydrogen) atoms. The van der Waals surface area contributed by atoms with Crippen LogP contribution in [0.5, 0.6) is 0 Å². The van der Waals surface area contributed by atoms with E-state index >= 15 is 0 Å². The van der Waals surface area contributed by atoms with E-state index in [1.807, 2.05) is 12.1 Å². The molecule has 190 valence electrons. The molecule has 3 heterocycles. The van der Waals surface area contributed by atoms with Gasteiger partial charge in [-0.25, -0.2) is 4.98 Å². The summed E-state index contributed by atoms with van der Waals surface area (Å²) >= 11 is 0. The summed E-state index contributed by atoms with van der Waals surface area (Å²) in [7, 11) is 0. The number of aromatic nitrogens is 2. The maximum absolute atomic E-state index is 13.2. The number of morpholine rings is 1. The van der Waals surface area contributed by atoms with Crippen molar-refractivity contribution in [3.8, 4) is 0 Å². The lowest BCUT2D eigenvalue weighted by molar-refractivity contribution is -0.136. The topological polar surface area (TPSA) is 105 Å². The second-order valence-corrected chi connectivity index (χ2v) is 11.8. The van der Waals surface area contributed by atoms with Gasteiger partial charge < -0.3 is 20.3 Å². The van der Waals surface area contributed by atoms with Crippen LogP contribution in [-0.4, -0.2) is 71.4 Å². The molecule has 2 aromatic heterocycles. The Balaban J connectivity index is 0.978. The van der Waals surface area contributed by atoms with E-state index in [0.717, 1.165) is 24.3 Å². The van der Waals surface area contributed by atoms with Crippen molar-refractivity contribution in [1.29, 1.82) is 0 Å². The van der Waals surface area contributed by atoms with E-state index in [9.17, 15) is 14.4 Å². The van der Waals surface area contributed by atoms with Gasteiger partial charge in [0.1, 0.15) is 11.3 Å². The first-order chi connectivity index (χ1) is 17.4. The predicted molar refractivity (Wildman–Crippen MR) is 130 cm³/mol. The molecule has 1 saturated heterocycles. The maximum Gasteiger partial charge on any atom is 0.268 e. The Labute approximate surface area is 209 Å². The van der Waals surface area contributed by atoms with Crippen LogP contribution in [0.1, 0.15) is 48.3 Å². The van der Waals surface area contributed by atoms with Gasteiger partial charge in [0.15, 0.2) is 0 Å². The Bertz CT molecular complexity index is 1250. The summed E-state index contributed by atoms with van der Waals surface area (Å²) in [5.74, 6) is 2.32. The van der Waals surface area contributed by atoms with E-state index in [1.165, 1.54) is 32.1 Å². The molecule has 2 N–H and O–H groups in total. The Morgan fingerprint density at radius 2 is 1.97 bits per heavy atom. The van der Waals surface area contributed by atoms with Gasteiger partial charge in [0, 0.05) is 25.8 Å². The second-order valence-electron chi connectivity index (χ2n) is 11.8. The third kappa shape index (κ3) is 3.70. The van der Waals surface area contributed by atoms with Crippen molar-refractivity contribution >= 4 is 23.4 Å². The molecular formula is C27H33N5O4. The molecule has 0 aromatic carbocycles. The number of fused-ring (bicyclic) bond motifs is 3. The number of nitrogens with zero attached hydrogens (tertiary/aromatic N) is 3. The molecule has 9 heteroatoms. The van der Waals surface area contributed by atoms with Crippen LogP contribution >= 0.6 is 0 Å². The average molecular weight is 492 g/mol. The average Bonchev–Trinajstić information content (AvgIpc) is 3.73. The summed E-state index contributed by atoms with van der Waals surface area (Å²) in [6.07, 6.45) is 8.50. The second kappa shape index (κ2) is 8.03. The van der Waals surface area contributed by atoms with E-state index in [-0.39, 0.29) is 30.7 Å². The van der Waals surface area contributed by atoms with Crippen molar-refractivity contribution in [2.45, 2.75) is 38.5 Å². The molecule has 5 fully saturated rings. The third-order valence-electron chi connectivity index (χ3n) is 9.56. The molecule has 7 rings (SSSR count). The lowest BCUT2D eigenvalue weighted by Gasteiger charge is -2.36. The minimum atomic E-state index is -0.269. The molecule has 2 bridgehead atoms. The molecule has 4 saturated carbocycles. The SMILES string of the molecule is O=C(Cc1cn2c(C(=O)NCC34CC5CC5C5(CC5C3)C4)cccc2n1)NCC(=O)N1CCOCC1. The summed E-state index contributed by atoms with van der Waals surface area (Å²) < 4.78 is 7.02. The van der Waals surface area contributed by atoms with Crippen LogP contribution in [-0.2, 0) is 20.7 Å². The molecule has 5 aliphatic rings. The van der Waals surface area contributed by atoms with Crippen LogP contribution in [0.2, 0.25) is 0 Å². The monoisotopic (exact) mass is 491 g/mol. The lowest BCUT2D eigenvalue weighted by atomic mass is 9.71. The summed E-state index contributed by atoms with van der Waals surface area (Å²) in [4.78, 5) is 44.2. The van der Waals surface area contributed by atoms with E-state index in [2.05, 4.69) is 15.6 Å². The van der Waals surface area contributed by atoms with Crippen LogP contribution < -0.4 is 10.6 Å². The predicted octanol–water partition coefficient (Wildman–Crippen LogP) is 1.41. The zero-order valence-electron chi connectivity index (χ0n) is 20.5. The number of ether oxygens (including phenoxy) is 1. The number of carbonyl (C=O) groups excluding carboxylic acids is 3. The molecule has 3 amide bonds. The molecule has 1 spiro atoms. The van der Waals surface area contributed by atoms with Crippen LogP contribution in [0.15, 0.2) is 24.4 Å². The van der Waals surface area contributed by atoms with Crippen molar-refractivity contribution in [2.75, 3.05) is 39.4 Å². The smallest absolute Gasteiger partial charge is 0.268 e. The van der Waals surface area contributed by atoms with Crippen molar-refractivity contribution in [3.05, 3.63) is 35.8 Å². The van der Waals surface area contributed by atoms with E-state index in [1.54, 1.807) is 21.6 Å². The summed E-state index contributed by atoms with van der Waals surface area (Å²) in [5.41, 5.74) is 2.66. The summed E-state index contributed by atoms with van der Waals surface area (Å²) in [5, 5.41) is 5.95. The van der Waals surface area contributed by atoms with Gasteiger partial charge in [-0.3, -0.25) is 18.8 Å². The third-order valence-corrected chi connectivity index (χ3v) is 9.56. The highest BCUT2D eigenvalue weighted by atomic mass is 16.5. The van der Waals surface area contributed by atoms with Gasteiger partial charge in [0.25, 0.3) is 5.91 Å². The number of hydrogen-bond donors (Lipinski definition) is 2. The molecule has 1 aliphatic heterocycles. The number of pyridine rings is 1. The van der Waals surface area contributed by atoms with Gasteiger partial charge in [0.05, 0.1) is 31.9 Å². The fraction of sp³-hybridized carbons (Fsp3) is 0.630. The number of carbonyl (C=O) groups is 3. The number of nitrogens with one attached hydrogen (secondary N) is 2. The van der Waals surface area contributed by atoms with Crippen molar-refractivity contribution in [1.82, 2.24) is 24.9 Å². The molecule has 5 atom stereocenters. The van der Waals surface area contributed by atoms with Gasteiger partial charge in [-0.05, 0) is 72.8 Å². The first-order valence-corrected chi connectivity index (χ1v) is 13.3. The molecular weight excluding hydrogens is 458 g/mol. The van der Waals surface area contributed by atoms with Crippen LogP contribution in [0.25, 0.3) is 5.65 Å². The zero-order valence-corrected chi connectivity index (χ0v) is 20.5. The number of imidazole rings is 1. The van der Waals surface area contributed by atoms with Gasteiger partial charge in [-0.15, -0.1) is 0 Å². The first-order valence-electron chi connectivity index (χ1n) is 13.3. The Hall–Kier alpha value is -2.94. The zero-order chi connectivity index (χ0) is 24.5. The molecule has 2 aromatic rings. The first kappa shape index (κ1) is 22.3. The lowest BCUT2D eigenvalue weighted by Crippen LogP contribution is -2.45. The fourth-order valence-electron chi connectivity index (χ4n) is 7.88. The minimum absolute atomic E-state index is 0.0364. The highest BCUT2D eigenvalue weighted by Crippen LogP contribution is 2.83. The molecule has 4 aliphatic carbocycles. The summed E-state index contributed by atoms with van der Waals surface area (Å²) in [6.45, 7) is 2.88. The van der Waals surface area contributed by atoms with E-state index in [4.69, 9.17) is 4.74 Å². The summed E-state index contributed by atoms with van der Waals surface area (Å²) in [6, 6.07) is 5.47. The fourth-order valence-corrected chi connectivity index (χ4v) is 7.88. The van der Waals surface area contributed by atoms with E-state index in [0.29, 0.717) is 54.2 Å². The van der Waals surface area contributed by atoms with Crippen LogP contribution in [0.4, 0.5) is 0 Å². The standard InChI is InChI=1S/C27H33N5O4/c33-23(28-13-24(34)31-4-6-36-7-5-31)9-19-14-32-21(2-1-3-22(32)30-19)25(35)29-16-26-10-17-8-20(17)27(15-26)12-18(27)11-26/h1-3,14,17-18,20H,4-13,15-16H2,(H,28,33)(H,29,35). The van der Waals surface area contributed by atoms with Gasteiger partial charge >= 0.3 is 0 Å². The number of rotatable bonds is 7. The largest absolute Gasteiger partial charge is 0.378 e. The van der Waals surface area contributed by atoms with Crippen molar-refractivity contribution in [3.63, 3.8) is 0 Å². The van der Waals surface area contributed by atoms with Crippen molar-refractivity contribution < 1.29 is 19.1 Å². The van der Waals surface area contributed by atoms with Gasteiger partial charge in [-0.2, -0.15) is 0 Å². The van der Waals surface area contributed by atoms with Crippen LogP contribution in [0.3, 0.4) is 0 Å². The normalized spacial score (nSPS) is 33.6. The van der Waals surface area contributed by atoms with Crippen LogP contribution in [0, 0.1) is 28.6 Å².